The van der Waals surface area contributed by atoms with Crippen molar-refractivity contribution in [3.05, 3.63) is 24.3 Å². The number of nitrogens with two attached hydrogens (primary N) is 1. The molecular formula is C14H19F3N2O. The van der Waals surface area contributed by atoms with Gasteiger partial charge in [-0.2, -0.15) is 0 Å². The van der Waals surface area contributed by atoms with E-state index in [2.05, 4.69) is 23.5 Å². The average Bonchev–Trinajstić information content (AvgIpc) is 2.36. The van der Waals surface area contributed by atoms with Crippen molar-refractivity contribution in [1.82, 2.24) is 0 Å². The molecule has 0 spiro atoms. The van der Waals surface area contributed by atoms with Gasteiger partial charge in [0.05, 0.1) is 0 Å². The van der Waals surface area contributed by atoms with Crippen molar-refractivity contribution in [1.29, 1.82) is 0 Å². The minimum absolute atomic E-state index is 0.175. The Bertz CT molecular complexity index is 447. The number of rotatable bonds is 2. The van der Waals surface area contributed by atoms with E-state index in [1.54, 1.807) is 12.1 Å². The van der Waals surface area contributed by atoms with E-state index in [0.717, 1.165) is 18.7 Å². The fourth-order valence-corrected chi connectivity index (χ4v) is 2.60. The molecule has 0 saturated carbocycles. The highest BCUT2D eigenvalue weighted by molar-refractivity contribution is 5.50. The Kier molecular flexibility index (Phi) is 4.13. The van der Waals surface area contributed by atoms with Gasteiger partial charge < -0.3 is 15.4 Å². The molecule has 3 atom stereocenters. The van der Waals surface area contributed by atoms with Crippen molar-refractivity contribution in [3.8, 4) is 5.75 Å². The molecule has 112 valence electrons. The van der Waals surface area contributed by atoms with Gasteiger partial charge in [0.2, 0.25) is 0 Å². The van der Waals surface area contributed by atoms with E-state index in [1.807, 2.05) is 0 Å². The lowest BCUT2D eigenvalue weighted by atomic mass is 9.87. The van der Waals surface area contributed by atoms with Crippen LogP contribution in [0.25, 0.3) is 0 Å². The summed E-state index contributed by atoms with van der Waals surface area (Å²) in [5.74, 6) is 0.144. The van der Waals surface area contributed by atoms with E-state index in [0.29, 0.717) is 5.92 Å². The predicted molar refractivity (Wildman–Crippen MR) is 71.7 cm³/mol. The molecule has 2 N–H and O–H groups in total. The summed E-state index contributed by atoms with van der Waals surface area (Å²) in [6.07, 6.45) is -3.77. The number of halogens is 3. The highest BCUT2D eigenvalue weighted by Crippen LogP contribution is 2.30. The molecule has 3 unspecified atom stereocenters. The zero-order valence-corrected chi connectivity index (χ0v) is 11.5. The topological polar surface area (TPSA) is 38.5 Å². The molecule has 1 aromatic rings. The second-order valence-corrected chi connectivity index (χ2v) is 5.29. The highest BCUT2D eigenvalue weighted by Gasteiger charge is 2.32. The third kappa shape index (κ3) is 3.36. The van der Waals surface area contributed by atoms with Crippen LogP contribution >= 0.6 is 0 Å². The summed E-state index contributed by atoms with van der Waals surface area (Å²) in [5.41, 5.74) is 6.93. The largest absolute Gasteiger partial charge is 0.573 e. The first kappa shape index (κ1) is 15.0. The molecule has 1 fully saturated rings. The Balaban J connectivity index is 2.10. The van der Waals surface area contributed by atoms with Gasteiger partial charge in [0.15, 0.2) is 0 Å². The van der Waals surface area contributed by atoms with E-state index >= 15 is 0 Å². The van der Waals surface area contributed by atoms with E-state index in [1.165, 1.54) is 12.1 Å². The van der Waals surface area contributed by atoms with Gasteiger partial charge >= 0.3 is 6.36 Å². The van der Waals surface area contributed by atoms with Crippen LogP contribution in [-0.4, -0.2) is 25.0 Å². The van der Waals surface area contributed by atoms with Crippen LogP contribution < -0.4 is 15.4 Å². The minimum Gasteiger partial charge on any atom is -0.406 e. The Morgan fingerprint density at radius 2 is 1.80 bits per heavy atom. The quantitative estimate of drug-likeness (QED) is 0.908. The molecule has 0 aromatic heterocycles. The van der Waals surface area contributed by atoms with Crippen LogP contribution in [0, 0.1) is 5.92 Å². The number of piperidine rings is 1. The molecule has 0 radical (unpaired) electrons. The molecule has 1 aliphatic heterocycles. The lowest BCUT2D eigenvalue weighted by Crippen LogP contribution is -2.51. The molecule has 20 heavy (non-hydrogen) atoms. The summed E-state index contributed by atoms with van der Waals surface area (Å²) in [7, 11) is 0. The number of hydrogen-bond acceptors (Lipinski definition) is 3. The van der Waals surface area contributed by atoms with Gasteiger partial charge in [0, 0.05) is 24.3 Å². The first-order valence-electron chi connectivity index (χ1n) is 6.66. The highest BCUT2D eigenvalue weighted by atomic mass is 19.4. The van der Waals surface area contributed by atoms with Crippen LogP contribution in [0.1, 0.15) is 20.3 Å². The summed E-state index contributed by atoms with van der Waals surface area (Å²) < 4.78 is 40.2. The molecule has 3 nitrogen and oxygen atoms in total. The van der Waals surface area contributed by atoms with Crippen molar-refractivity contribution >= 4 is 5.69 Å². The van der Waals surface area contributed by atoms with Crippen molar-refractivity contribution in [2.75, 3.05) is 11.4 Å². The normalized spacial score (nSPS) is 27.5. The fourth-order valence-electron chi connectivity index (χ4n) is 2.60. The van der Waals surface area contributed by atoms with E-state index in [-0.39, 0.29) is 17.8 Å². The Morgan fingerprint density at radius 1 is 1.20 bits per heavy atom. The molecule has 0 bridgehead atoms. The number of hydrogen-bond donors (Lipinski definition) is 1. The van der Waals surface area contributed by atoms with Gasteiger partial charge in [-0.3, -0.25) is 0 Å². The van der Waals surface area contributed by atoms with Gasteiger partial charge in [-0.15, -0.1) is 13.2 Å². The second kappa shape index (κ2) is 5.52. The lowest BCUT2D eigenvalue weighted by Gasteiger charge is -2.42. The molecule has 0 aliphatic carbocycles. The van der Waals surface area contributed by atoms with Crippen molar-refractivity contribution in [2.24, 2.45) is 11.7 Å². The summed E-state index contributed by atoms with van der Waals surface area (Å²) >= 11 is 0. The molecule has 1 heterocycles. The summed E-state index contributed by atoms with van der Waals surface area (Å²) in [6, 6.07) is 6.42. The van der Waals surface area contributed by atoms with E-state index in [4.69, 9.17) is 5.73 Å². The SMILES string of the molecule is CC1C(N)CCN(c2ccc(OC(F)(F)F)cc2)C1C. The standard InChI is InChI=1S/C14H19F3N2O/c1-9-10(2)19(8-7-13(9)18)11-3-5-12(6-4-11)20-14(15,16)17/h3-6,9-10,13H,7-8,18H2,1-2H3. The van der Waals surface area contributed by atoms with Gasteiger partial charge in [0.1, 0.15) is 5.75 Å². The molecular weight excluding hydrogens is 269 g/mol. The first-order valence-corrected chi connectivity index (χ1v) is 6.66. The Hall–Kier alpha value is -1.43. The van der Waals surface area contributed by atoms with Gasteiger partial charge in [-0.1, -0.05) is 6.92 Å². The predicted octanol–water partition coefficient (Wildman–Crippen LogP) is 3.15. The maximum Gasteiger partial charge on any atom is 0.573 e. The van der Waals surface area contributed by atoms with Gasteiger partial charge in [-0.25, -0.2) is 0 Å². The first-order chi connectivity index (χ1) is 9.28. The second-order valence-electron chi connectivity index (χ2n) is 5.29. The van der Waals surface area contributed by atoms with Crippen LogP contribution in [0.3, 0.4) is 0 Å². The van der Waals surface area contributed by atoms with Crippen LogP contribution in [-0.2, 0) is 0 Å². The van der Waals surface area contributed by atoms with Crippen molar-refractivity contribution < 1.29 is 17.9 Å². The molecule has 1 aliphatic rings. The van der Waals surface area contributed by atoms with Crippen LogP contribution in [0.15, 0.2) is 24.3 Å². The number of ether oxygens (including phenoxy) is 1. The zero-order valence-electron chi connectivity index (χ0n) is 11.5. The third-order valence-corrected chi connectivity index (χ3v) is 4.03. The van der Waals surface area contributed by atoms with Crippen LogP contribution in [0.2, 0.25) is 0 Å². The number of alkyl halides is 3. The molecule has 6 heteroatoms. The summed E-state index contributed by atoms with van der Waals surface area (Å²) in [5, 5.41) is 0. The van der Waals surface area contributed by atoms with Crippen LogP contribution in [0.4, 0.5) is 18.9 Å². The molecule has 2 rings (SSSR count). The van der Waals surface area contributed by atoms with Crippen molar-refractivity contribution in [3.63, 3.8) is 0 Å². The third-order valence-electron chi connectivity index (χ3n) is 4.03. The van der Waals surface area contributed by atoms with E-state index in [9.17, 15) is 13.2 Å². The Labute approximate surface area is 116 Å². The van der Waals surface area contributed by atoms with E-state index < -0.39 is 6.36 Å². The number of nitrogens with zero attached hydrogens (tertiary/aromatic N) is 1. The molecule has 0 amide bonds. The lowest BCUT2D eigenvalue weighted by molar-refractivity contribution is -0.274. The Morgan fingerprint density at radius 3 is 2.35 bits per heavy atom. The maximum absolute atomic E-state index is 12.1. The maximum atomic E-state index is 12.1. The monoisotopic (exact) mass is 288 g/mol. The number of benzene rings is 1. The smallest absolute Gasteiger partial charge is 0.406 e. The average molecular weight is 288 g/mol. The fraction of sp³-hybridized carbons (Fsp3) is 0.571. The van der Waals surface area contributed by atoms with Crippen molar-refractivity contribution in [2.45, 2.75) is 38.7 Å². The number of anilines is 1. The molecule has 1 aromatic carbocycles. The van der Waals surface area contributed by atoms with Crippen LogP contribution in [0.5, 0.6) is 5.75 Å². The van der Waals surface area contributed by atoms with Gasteiger partial charge in [0.25, 0.3) is 0 Å². The minimum atomic E-state index is -4.65. The summed E-state index contributed by atoms with van der Waals surface area (Å²) in [4.78, 5) is 2.17. The summed E-state index contributed by atoms with van der Waals surface area (Å²) in [6.45, 7) is 5.00. The zero-order chi connectivity index (χ0) is 14.9. The molecule has 1 saturated heterocycles. The van der Waals surface area contributed by atoms with Gasteiger partial charge in [-0.05, 0) is 43.5 Å².